The van der Waals surface area contributed by atoms with Crippen LogP contribution in [-0.4, -0.2) is 30.1 Å². The highest BCUT2D eigenvalue weighted by atomic mass is 19.4. The maximum Gasteiger partial charge on any atom is 0.460 e. The number of alkyl halides is 7. The number of ether oxygens (including phenoxy) is 1. The normalized spacial score (nSPS) is 14.3. The van der Waals surface area contributed by atoms with E-state index in [1.54, 1.807) is 0 Å². The maximum absolute atomic E-state index is 13.2. The number of carbonyl (C=O) groups is 1. The smallest absolute Gasteiger partial charge is 0.458 e. The molecule has 0 aliphatic heterocycles. The predicted octanol–water partition coefficient (Wildman–Crippen LogP) is 6.67. The number of unbranched alkanes of at least 4 members (excludes halogenated alkanes) is 7. The van der Waals surface area contributed by atoms with E-state index in [0.29, 0.717) is 6.42 Å². The van der Waals surface area contributed by atoms with Crippen LogP contribution >= 0.6 is 0 Å². The molecule has 0 spiro atoms. The van der Waals surface area contributed by atoms with Crippen molar-refractivity contribution in [3.63, 3.8) is 0 Å². The first-order valence-electron chi connectivity index (χ1n) is 8.95. The summed E-state index contributed by atoms with van der Waals surface area (Å²) in [5.74, 6) is -15.3. The molecule has 0 heterocycles. The molecular weight excluding hydrogens is 369 g/mol. The molecule has 0 aromatic heterocycles. The average Bonchev–Trinajstić information content (AvgIpc) is 2.54. The van der Waals surface area contributed by atoms with Crippen molar-refractivity contribution >= 4 is 5.97 Å². The van der Waals surface area contributed by atoms with Gasteiger partial charge in [0.15, 0.2) is 0 Å². The van der Waals surface area contributed by atoms with E-state index >= 15 is 0 Å². The molecule has 0 radical (unpaired) electrons. The van der Waals surface area contributed by atoms with E-state index < -0.39 is 30.1 Å². The van der Waals surface area contributed by atoms with Crippen LogP contribution in [0.25, 0.3) is 0 Å². The summed E-state index contributed by atoms with van der Waals surface area (Å²) in [6.07, 6.45) is 0.200. The van der Waals surface area contributed by atoms with Crippen LogP contribution in [0.1, 0.15) is 78.1 Å². The standard InChI is InChI=1S/C17H27F7O2/c1-3-5-6-7-8-9-10-11-12-13(4-2)26-14(25)15(18,19)16(20,21)17(22,23)24/h13H,3-12H2,1-2H3. The lowest BCUT2D eigenvalue weighted by molar-refractivity contribution is -0.349. The molecule has 156 valence electrons. The van der Waals surface area contributed by atoms with Gasteiger partial charge in [-0.1, -0.05) is 58.8 Å². The van der Waals surface area contributed by atoms with Gasteiger partial charge in [0.2, 0.25) is 0 Å². The Bertz CT molecular complexity index is 408. The fourth-order valence-corrected chi connectivity index (χ4v) is 2.38. The number of rotatable bonds is 13. The van der Waals surface area contributed by atoms with Crippen LogP contribution in [-0.2, 0) is 9.53 Å². The molecule has 0 N–H and O–H groups in total. The molecule has 0 saturated carbocycles. The lowest BCUT2D eigenvalue weighted by atomic mass is 10.0. The summed E-state index contributed by atoms with van der Waals surface area (Å²) >= 11 is 0. The zero-order valence-corrected chi connectivity index (χ0v) is 15.1. The highest BCUT2D eigenvalue weighted by Gasteiger charge is 2.77. The van der Waals surface area contributed by atoms with Gasteiger partial charge in [-0.2, -0.15) is 30.7 Å². The predicted molar refractivity (Wildman–Crippen MR) is 83.3 cm³/mol. The summed E-state index contributed by atoms with van der Waals surface area (Å²) in [6.45, 7) is 3.57. The Hall–Kier alpha value is -1.02. The molecule has 0 fully saturated rings. The summed E-state index contributed by atoms with van der Waals surface area (Å²) in [6, 6.07) is 0. The fourth-order valence-electron chi connectivity index (χ4n) is 2.38. The number of halogens is 7. The molecule has 0 aliphatic rings. The molecule has 0 saturated heterocycles. The Morgan fingerprint density at radius 2 is 1.27 bits per heavy atom. The second kappa shape index (κ2) is 11.0. The molecule has 1 atom stereocenters. The summed E-state index contributed by atoms with van der Waals surface area (Å²) < 4.78 is 92.5. The van der Waals surface area contributed by atoms with E-state index in [0.717, 1.165) is 44.9 Å². The second-order valence-electron chi connectivity index (χ2n) is 6.35. The molecular formula is C17H27F7O2. The van der Waals surface area contributed by atoms with Crippen molar-refractivity contribution in [1.82, 2.24) is 0 Å². The third-order valence-corrected chi connectivity index (χ3v) is 4.12. The van der Waals surface area contributed by atoms with Crippen LogP contribution < -0.4 is 0 Å². The van der Waals surface area contributed by atoms with Crippen molar-refractivity contribution in [2.45, 2.75) is 102 Å². The highest BCUT2D eigenvalue weighted by Crippen LogP contribution is 2.47. The number of hydrogen-bond acceptors (Lipinski definition) is 2. The van der Waals surface area contributed by atoms with Gasteiger partial charge in [-0.25, -0.2) is 4.79 Å². The Labute approximate surface area is 149 Å². The van der Waals surface area contributed by atoms with Gasteiger partial charge in [-0.05, 0) is 19.3 Å². The lowest BCUT2D eigenvalue weighted by Crippen LogP contribution is -2.57. The van der Waals surface area contributed by atoms with Crippen LogP contribution in [0.4, 0.5) is 30.7 Å². The summed E-state index contributed by atoms with van der Waals surface area (Å²) in [7, 11) is 0. The van der Waals surface area contributed by atoms with E-state index in [1.165, 1.54) is 6.92 Å². The van der Waals surface area contributed by atoms with Crippen molar-refractivity contribution in [3.05, 3.63) is 0 Å². The molecule has 0 amide bonds. The van der Waals surface area contributed by atoms with E-state index in [2.05, 4.69) is 11.7 Å². The van der Waals surface area contributed by atoms with Gasteiger partial charge < -0.3 is 4.74 Å². The average molecular weight is 396 g/mol. The van der Waals surface area contributed by atoms with Crippen molar-refractivity contribution in [3.8, 4) is 0 Å². The number of carbonyl (C=O) groups excluding carboxylic acids is 1. The minimum absolute atomic E-state index is 0.0515. The van der Waals surface area contributed by atoms with E-state index in [9.17, 15) is 35.5 Å². The Morgan fingerprint density at radius 3 is 1.69 bits per heavy atom. The molecule has 0 bridgehead atoms. The van der Waals surface area contributed by atoms with E-state index in [-0.39, 0.29) is 12.8 Å². The fraction of sp³-hybridized carbons (Fsp3) is 0.941. The van der Waals surface area contributed by atoms with Crippen molar-refractivity contribution < 1.29 is 40.3 Å². The van der Waals surface area contributed by atoms with Gasteiger partial charge in [-0.3, -0.25) is 0 Å². The number of hydrogen-bond donors (Lipinski definition) is 0. The summed E-state index contributed by atoms with van der Waals surface area (Å²) in [5, 5.41) is 0. The first-order valence-corrected chi connectivity index (χ1v) is 8.95. The van der Waals surface area contributed by atoms with Crippen LogP contribution in [0.5, 0.6) is 0 Å². The SMILES string of the molecule is CCCCCCCCCCC(CC)OC(=O)C(F)(F)C(F)(F)C(F)(F)F. The first-order chi connectivity index (χ1) is 11.9. The van der Waals surface area contributed by atoms with Crippen LogP contribution in [0.2, 0.25) is 0 Å². The Balaban J connectivity index is 4.39. The number of esters is 1. The molecule has 9 heteroatoms. The van der Waals surface area contributed by atoms with Gasteiger partial charge in [0.25, 0.3) is 0 Å². The molecule has 0 rings (SSSR count). The zero-order valence-electron chi connectivity index (χ0n) is 15.1. The lowest BCUT2D eigenvalue weighted by Gasteiger charge is -2.28. The zero-order chi connectivity index (χ0) is 20.4. The van der Waals surface area contributed by atoms with Crippen molar-refractivity contribution in [2.24, 2.45) is 0 Å². The minimum Gasteiger partial charge on any atom is -0.458 e. The van der Waals surface area contributed by atoms with E-state index in [4.69, 9.17) is 0 Å². The topological polar surface area (TPSA) is 26.3 Å². The molecule has 26 heavy (non-hydrogen) atoms. The van der Waals surface area contributed by atoms with E-state index in [1.807, 2.05) is 0 Å². The van der Waals surface area contributed by atoms with Crippen molar-refractivity contribution in [2.75, 3.05) is 0 Å². The quantitative estimate of drug-likeness (QED) is 0.197. The van der Waals surface area contributed by atoms with Crippen LogP contribution in [0, 0.1) is 0 Å². The third kappa shape index (κ3) is 7.31. The molecule has 0 aliphatic carbocycles. The van der Waals surface area contributed by atoms with Gasteiger partial charge in [0.05, 0.1) is 0 Å². The first kappa shape index (κ1) is 25.0. The second-order valence-corrected chi connectivity index (χ2v) is 6.35. The molecule has 0 aromatic carbocycles. The summed E-state index contributed by atoms with van der Waals surface area (Å²) in [4.78, 5) is 11.2. The Kier molecular flexibility index (Phi) is 10.5. The Morgan fingerprint density at radius 1 is 0.808 bits per heavy atom. The van der Waals surface area contributed by atoms with Crippen molar-refractivity contribution in [1.29, 1.82) is 0 Å². The van der Waals surface area contributed by atoms with Gasteiger partial charge in [0, 0.05) is 0 Å². The van der Waals surface area contributed by atoms with Crippen LogP contribution in [0.3, 0.4) is 0 Å². The molecule has 2 nitrogen and oxygen atoms in total. The van der Waals surface area contributed by atoms with Crippen LogP contribution in [0.15, 0.2) is 0 Å². The third-order valence-electron chi connectivity index (χ3n) is 4.12. The largest absolute Gasteiger partial charge is 0.460 e. The maximum atomic E-state index is 13.2. The summed E-state index contributed by atoms with van der Waals surface area (Å²) in [5.41, 5.74) is 0. The van der Waals surface area contributed by atoms with Gasteiger partial charge in [-0.15, -0.1) is 0 Å². The molecule has 0 aromatic rings. The molecule has 1 unspecified atom stereocenters. The van der Waals surface area contributed by atoms with Gasteiger partial charge in [0.1, 0.15) is 6.10 Å². The van der Waals surface area contributed by atoms with Gasteiger partial charge >= 0.3 is 24.0 Å². The monoisotopic (exact) mass is 396 g/mol. The highest BCUT2D eigenvalue weighted by molar-refractivity contribution is 5.79. The minimum atomic E-state index is -6.55.